The topological polar surface area (TPSA) is 99.2 Å². The summed E-state index contributed by atoms with van der Waals surface area (Å²) in [5, 5.41) is 3.82. The summed E-state index contributed by atoms with van der Waals surface area (Å²) < 4.78 is 33.1. The predicted molar refractivity (Wildman–Crippen MR) is 66.4 cm³/mol. The lowest BCUT2D eigenvalue weighted by molar-refractivity contribution is 0.184. The molecular weight excluding hydrogens is 256 g/mol. The highest BCUT2D eigenvalue weighted by atomic mass is 32.2. The van der Waals surface area contributed by atoms with Crippen molar-refractivity contribution in [2.75, 3.05) is 25.5 Å². The van der Waals surface area contributed by atoms with E-state index in [4.69, 9.17) is 10.5 Å². The highest BCUT2D eigenvalue weighted by Crippen LogP contribution is 2.17. The molecule has 3 N–H and O–H groups in total. The van der Waals surface area contributed by atoms with Crippen LogP contribution in [0.15, 0.2) is 11.1 Å². The van der Waals surface area contributed by atoms with Crippen LogP contribution in [0.1, 0.15) is 12.8 Å². The van der Waals surface area contributed by atoms with Crippen molar-refractivity contribution in [1.29, 1.82) is 0 Å². The summed E-state index contributed by atoms with van der Waals surface area (Å²) in [6, 6.07) is 0. The van der Waals surface area contributed by atoms with Crippen LogP contribution in [0.25, 0.3) is 0 Å². The molecule has 0 aliphatic carbocycles. The summed E-state index contributed by atoms with van der Waals surface area (Å²) in [6.45, 7) is 1.88. The monoisotopic (exact) mass is 274 g/mol. The molecule has 1 aromatic rings. The van der Waals surface area contributed by atoms with Gasteiger partial charge in [-0.15, -0.1) is 0 Å². The van der Waals surface area contributed by atoms with Crippen molar-refractivity contribution in [2.45, 2.75) is 17.7 Å². The second-order valence-corrected chi connectivity index (χ2v) is 6.20. The second kappa shape index (κ2) is 5.25. The summed E-state index contributed by atoms with van der Waals surface area (Å²) in [4.78, 5) is 0.0349. The third-order valence-electron chi connectivity index (χ3n) is 2.98. The minimum Gasteiger partial charge on any atom is -0.381 e. The molecule has 2 heterocycles. The molecule has 1 aliphatic heterocycles. The number of sulfonamides is 1. The molecule has 0 bridgehead atoms. The number of nitrogens with two attached hydrogens (primary N) is 1. The maximum Gasteiger partial charge on any atom is 0.245 e. The zero-order chi connectivity index (χ0) is 13.2. The van der Waals surface area contributed by atoms with E-state index in [9.17, 15) is 8.42 Å². The first-order chi connectivity index (χ1) is 8.49. The fourth-order valence-electron chi connectivity index (χ4n) is 1.98. The maximum atomic E-state index is 12.0. The number of hydrogen-bond acceptors (Lipinski definition) is 5. The number of nitrogen functional groups attached to an aromatic ring is 1. The smallest absolute Gasteiger partial charge is 0.245 e. The first-order valence-corrected chi connectivity index (χ1v) is 7.34. The molecule has 0 spiro atoms. The molecule has 0 saturated carbocycles. The van der Waals surface area contributed by atoms with Gasteiger partial charge in [0.1, 0.15) is 4.90 Å². The van der Waals surface area contributed by atoms with Crippen LogP contribution in [0.4, 0.5) is 5.82 Å². The van der Waals surface area contributed by atoms with Gasteiger partial charge in [-0.2, -0.15) is 5.10 Å². The lowest BCUT2D eigenvalue weighted by Gasteiger charge is -2.08. The average Bonchev–Trinajstić information content (AvgIpc) is 2.88. The predicted octanol–water partition coefficient (Wildman–Crippen LogP) is -0.293. The second-order valence-electron chi connectivity index (χ2n) is 4.47. The van der Waals surface area contributed by atoms with Crippen molar-refractivity contribution in [3.63, 3.8) is 0 Å². The van der Waals surface area contributed by atoms with Crippen molar-refractivity contribution in [3.8, 4) is 0 Å². The van der Waals surface area contributed by atoms with Crippen LogP contribution >= 0.6 is 0 Å². The van der Waals surface area contributed by atoms with Crippen LogP contribution < -0.4 is 10.5 Å². The van der Waals surface area contributed by atoms with E-state index in [1.165, 1.54) is 10.9 Å². The molecule has 1 unspecified atom stereocenters. The average molecular weight is 274 g/mol. The molecule has 8 heteroatoms. The first-order valence-electron chi connectivity index (χ1n) is 5.85. The van der Waals surface area contributed by atoms with E-state index in [1.54, 1.807) is 7.05 Å². The van der Waals surface area contributed by atoms with Crippen molar-refractivity contribution in [3.05, 3.63) is 6.20 Å². The number of ether oxygens (including phenoxy) is 1. The summed E-state index contributed by atoms with van der Waals surface area (Å²) >= 11 is 0. The largest absolute Gasteiger partial charge is 0.381 e. The van der Waals surface area contributed by atoms with Gasteiger partial charge < -0.3 is 10.5 Å². The molecule has 1 aromatic heterocycles. The van der Waals surface area contributed by atoms with E-state index in [-0.39, 0.29) is 10.7 Å². The van der Waals surface area contributed by atoms with Crippen molar-refractivity contribution < 1.29 is 13.2 Å². The normalized spacial score (nSPS) is 20.4. The molecule has 7 nitrogen and oxygen atoms in total. The fraction of sp³-hybridized carbons (Fsp3) is 0.700. The Bertz CT molecular complexity index is 505. The molecule has 0 radical (unpaired) electrons. The van der Waals surface area contributed by atoms with Gasteiger partial charge in [0.05, 0.1) is 0 Å². The Morgan fingerprint density at radius 3 is 3.00 bits per heavy atom. The quantitative estimate of drug-likeness (QED) is 0.768. The zero-order valence-electron chi connectivity index (χ0n) is 10.3. The number of rotatable bonds is 5. The lowest BCUT2D eigenvalue weighted by Crippen LogP contribution is -2.26. The highest BCUT2D eigenvalue weighted by Gasteiger charge is 2.21. The van der Waals surface area contributed by atoms with Crippen molar-refractivity contribution in [2.24, 2.45) is 13.0 Å². The van der Waals surface area contributed by atoms with Gasteiger partial charge in [0.2, 0.25) is 10.0 Å². The van der Waals surface area contributed by atoms with Crippen LogP contribution in [0, 0.1) is 5.92 Å². The van der Waals surface area contributed by atoms with Crippen LogP contribution in [-0.4, -0.2) is 38.0 Å². The minimum absolute atomic E-state index is 0.0224. The van der Waals surface area contributed by atoms with E-state index < -0.39 is 10.0 Å². The Labute approximate surface area is 106 Å². The number of nitrogens with zero attached hydrogens (tertiary/aromatic N) is 2. The van der Waals surface area contributed by atoms with Gasteiger partial charge in [-0.25, -0.2) is 13.1 Å². The van der Waals surface area contributed by atoms with Gasteiger partial charge in [-0.1, -0.05) is 0 Å². The fourth-order valence-corrected chi connectivity index (χ4v) is 3.13. The van der Waals surface area contributed by atoms with E-state index in [0.717, 1.165) is 26.1 Å². The minimum atomic E-state index is -3.56. The third kappa shape index (κ3) is 3.01. The standard InChI is InChI=1S/C10H18N4O3S/c1-14-6-9(10(11)13-14)18(15,16)12-4-2-8-3-5-17-7-8/h6,8,12H,2-5,7H2,1H3,(H2,11,13). The number of hydrogen-bond donors (Lipinski definition) is 2. The third-order valence-corrected chi connectivity index (χ3v) is 4.46. The molecule has 2 rings (SSSR count). The van der Waals surface area contributed by atoms with Gasteiger partial charge in [0.25, 0.3) is 0 Å². The molecular formula is C10H18N4O3S. The molecule has 102 valence electrons. The number of aromatic nitrogens is 2. The first kappa shape index (κ1) is 13.3. The molecule has 0 amide bonds. The van der Waals surface area contributed by atoms with E-state index >= 15 is 0 Å². The number of anilines is 1. The molecule has 1 atom stereocenters. The van der Waals surface area contributed by atoms with Gasteiger partial charge in [0, 0.05) is 33.0 Å². The van der Waals surface area contributed by atoms with Crippen molar-refractivity contribution >= 4 is 15.8 Å². The summed E-state index contributed by atoms with van der Waals surface area (Å²) in [5.74, 6) is 0.466. The Hall–Kier alpha value is -1.12. The van der Waals surface area contributed by atoms with E-state index in [1.807, 2.05) is 0 Å². The molecule has 0 aromatic carbocycles. The number of nitrogens with one attached hydrogen (secondary N) is 1. The maximum absolute atomic E-state index is 12.0. The van der Waals surface area contributed by atoms with Crippen LogP contribution in [0.2, 0.25) is 0 Å². The Balaban J connectivity index is 1.93. The van der Waals surface area contributed by atoms with Crippen molar-refractivity contribution in [1.82, 2.24) is 14.5 Å². The molecule has 1 saturated heterocycles. The number of aryl methyl sites for hydroxylation is 1. The van der Waals surface area contributed by atoms with Gasteiger partial charge in [0.15, 0.2) is 5.82 Å². The summed E-state index contributed by atoms with van der Waals surface area (Å²) in [7, 11) is -1.93. The van der Waals surface area contributed by atoms with Crippen LogP contribution in [-0.2, 0) is 21.8 Å². The summed E-state index contributed by atoms with van der Waals surface area (Å²) in [5.41, 5.74) is 5.55. The summed E-state index contributed by atoms with van der Waals surface area (Å²) in [6.07, 6.45) is 3.17. The molecule has 1 fully saturated rings. The molecule has 1 aliphatic rings. The van der Waals surface area contributed by atoms with Crippen LogP contribution in [0.3, 0.4) is 0 Å². The van der Waals surface area contributed by atoms with E-state index in [0.29, 0.717) is 12.5 Å². The van der Waals surface area contributed by atoms with Gasteiger partial charge in [-0.3, -0.25) is 4.68 Å². The Kier molecular flexibility index (Phi) is 3.88. The lowest BCUT2D eigenvalue weighted by atomic mass is 10.1. The Morgan fingerprint density at radius 1 is 1.67 bits per heavy atom. The highest BCUT2D eigenvalue weighted by molar-refractivity contribution is 7.89. The van der Waals surface area contributed by atoms with E-state index in [2.05, 4.69) is 9.82 Å². The zero-order valence-corrected chi connectivity index (χ0v) is 11.1. The SMILES string of the molecule is Cn1cc(S(=O)(=O)NCCC2CCOC2)c(N)n1. The van der Waals surface area contributed by atoms with Gasteiger partial charge >= 0.3 is 0 Å². The van der Waals surface area contributed by atoms with Gasteiger partial charge in [-0.05, 0) is 18.8 Å². The van der Waals surface area contributed by atoms with Crippen LogP contribution in [0.5, 0.6) is 0 Å². The Morgan fingerprint density at radius 2 is 2.44 bits per heavy atom. The molecule has 18 heavy (non-hydrogen) atoms.